The lowest BCUT2D eigenvalue weighted by atomic mass is 10.1. The predicted molar refractivity (Wildman–Crippen MR) is 52.8 cm³/mol. The average Bonchev–Trinajstić information content (AvgIpc) is 2.19. The number of nitro groups is 1. The van der Waals surface area contributed by atoms with Crippen LogP contribution in [0.3, 0.4) is 0 Å². The third-order valence-corrected chi connectivity index (χ3v) is 2.28. The number of aliphatic hydroxyl groups excluding tert-OH is 1. The molecule has 0 saturated heterocycles. The first-order valence-electron chi connectivity index (χ1n) is 4.07. The maximum absolute atomic E-state index is 10.6. The first-order chi connectivity index (χ1) is 6.58. The van der Waals surface area contributed by atoms with Crippen molar-refractivity contribution >= 4 is 11.6 Å². The van der Waals surface area contributed by atoms with Crippen molar-refractivity contribution < 1.29 is 10.0 Å². The molecule has 1 N–H and O–H groups in total. The Morgan fingerprint density at radius 1 is 1.43 bits per heavy atom. The summed E-state index contributed by atoms with van der Waals surface area (Å²) in [6.45, 7) is -0.684. The molecule has 0 radical (unpaired) electrons. The molecule has 4 nitrogen and oxygen atoms in total. The van der Waals surface area contributed by atoms with Crippen molar-refractivity contribution in [2.24, 2.45) is 0 Å². The highest BCUT2D eigenvalue weighted by molar-refractivity contribution is 6.22. The van der Waals surface area contributed by atoms with Crippen molar-refractivity contribution in [3.05, 3.63) is 46.0 Å². The molecule has 0 bridgehead atoms. The monoisotopic (exact) mass is 215 g/mol. The first-order valence-corrected chi connectivity index (χ1v) is 4.44. The Morgan fingerprint density at radius 2 is 2.00 bits per heavy atom. The molecule has 1 atom stereocenters. The standard InChI is InChI=1S/C9H10ClNO3/c10-9(7-12,11(13)14)6-8-4-2-1-3-5-8/h1-5,12H,6-7H2. The van der Waals surface area contributed by atoms with Crippen molar-refractivity contribution in [3.63, 3.8) is 0 Å². The number of aliphatic hydroxyl groups is 1. The Kier molecular flexibility index (Phi) is 3.43. The molecule has 5 heteroatoms. The molecular formula is C9H10ClNO3. The number of halogens is 1. The van der Waals surface area contributed by atoms with Crippen LogP contribution in [-0.4, -0.2) is 21.6 Å². The molecule has 0 aliphatic rings. The van der Waals surface area contributed by atoms with E-state index >= 15 is 0 Å². The molecule has 0 heterocycles. The zero-order valence-electron chi connectivity index (χ0n) is 7.39. The maximum Gasteiger partial charge on any atom is 0.321 e. The van der Waals surface area contributed by atoms with Crippen molar-refractivity contribution in [3.8, 4) is 0 Å². The van der Waals surface area contributed by atoms with Gasteiger partial charge in [-0.15, -0.1) is 0 Å². The van der Waals surface area contributed by atoms with E-state index in [1.54, 1.807) is 24.3 Å². The molecule has 0 amide bonds. The van der Waals surface area contributed by atoms with Gasteiger partial charge in [0.15, 0.2) is 0 Å². The number of rotatable bonds is 4. The van der Waals surface area contributed by atoms with Gasteiger partial charge in [0.25, 0.3) is 0 Å². The summed E-state index contributed by atoms with van der Waals surface area (Å²) < 4.78 is 0. The van der Waals surface area contributed by atoms with Crippen molar-refractivity contribution in [2.45, 2.75) is 11.4 Å². The van der Waals surface area contributed by atoms with Crippen LogP contribution >= 0.6 is 11.6 Å². The van der Waals surface area contributed by atoms with E-state index < -0.39 is 16.5 Å². The largest absolute Gasteiger partial charge is 0.387 e. The van der Waals surface area contributed by atoms with Crippen LogP contribution in [0.15, 0.2) is 30.3 Å². The number of nitrogens with zero attached hydrogens (tertiary/aromatic N) is 1. The summed E-state index contributed by atoms with van der Waals surface area (Å²) in [4.78, 5) is 8.10. The van der Waals surface area contributed by atoms with Gasteiger partial charge in [0.05, 0.1) is 6.42 Å². The third-order valence-electron chi connectivity index (χ3n) is 1.89. The minimum Gasteiger partial charge on any atom is -0.387 e. The van der Waals surface area contributed by atoms with Crippen molar-refractivity contribution in [2.75, 3.05) is 6.61 Å². The van der Waals surface area contributed by atoms with E-state index in [1.807, 2.05) is 6.07 Å². The average molecular weight is 216 g/mol. The fourth-order valence-corrected chi connectivity index (χ4v) is 1.24. The summed E-state index contributed by atoms with van der Waals surface area (Å²) in [7, 11) is 0. The molecule has 76 valence electrons. The van der Waals surface area contributed by atoms with Gasteiger partial charge in [0.2, 0.25) is 0 Å². The smallest absolute Gasteiger partial charge is 0.321 e. The lowest BCUT2D eigenvalue weighted by Gasteiger charge is -2.15. The highest BCUT2D eigenvalue weighted by Crippen LogP contribution is 2.21. The molecule has 0 fully saturated rings. The van der Waals surface area contributed by atoms with Gasteiger partial charge < -0.3 is 5.11 Å². The fourth-order valence-electron chi connectivity index (χ4n) is 1.09. The van der Waals surface area contributed by atoms with Gasteiger partial charge in [-0.25, -0.2) is 0 Å². The molecule has 0 saturated carbocycles. The van der Waals surface area contributed by atoms with Crippen LogP contribution in [0.4, 0.5) is 0 Å². The van der Waals surface area contributed by atoms with E-state index in [1.165, 1.54) is 0 Å². The van der Waals surface area contributed by atoms with Crippen molar-refractivity contribution in [1.29, 1.82) is 0 Å². The topological polar surface area (TPSA) is 63.4 Å². The van der Waals surface area contributed by atoms with Crippen LogP contribution in [0.2, 0.25) is 0 Å². The van der Waals surface area contributed by atoms with Gasteiger partial charge in [-0.3, -0.25) is 10.1 Å². The Balaban J connectivity index is 2.81. The van der Waals surface area contributed by atoms with Crippen LogP contribution in [0.5, 0.6) is 0 Å². The molecular weight excluding hydrogens is 206 g/mol. The Hall–Kier alpha value is -1.13. The van der Waals surface area contributed by atoms with E-state index in [2.05, 4.69) is 0 Å². The molecule has 0 aliphatic carbocycles. The van der Waals surface area contributed by atoms with E-state index in [4.69, 9.17) is 16.7 Å². The molecule has 0 aliphatic heterocycles. The zero-order valence-corrected chi connectivity index (χ0v) is 8.15. The third kappa shape index (κ3) is 2.43. The van der Waals surface area contributed by atoms with E-state index in [0.29, 0.717) is 0 Å². The van der Waals surface area contributed by atoms with E-state index in [0.717, 1.165) is 5.56 Å². The second-order valence-electron chi connectivity index (χ2n) is 3.00. The lowest BCUT2D eigenvalue weighted by molar-refractivity contribution is -0.545. The number of alkyl halides is 1. The summed E-state index contributed by atoms with van der Waals surface area (Å²) in [5, 5.41) is 19.4. The minimum atomic E-state index is -1.80. The highest BCUT2D eigenvalue weighted by Gasteiger charge is 2.39. The predicted octanol–water partition coefficient (Wildman–Crippen LogP) is 1.43. The fraction of sp³-hybridized carbons (Fsp3) is 0.333. The number of hydrogen-bond acceptors (Lipinski definition) is 3. The molecule has 0 aromatic heterocycles. The van der Waals surface area contributed by atoms with Crippen LogP contribution < -0.4 is 0 Å². The Labute approximate surface area is 86.3 Å². The lowest BCUT2D eigenvalue weighted by Crippen LogP contribution is -2.38. The number of benzene rings is 1. The highest BCUT2D eigenvalue weighted by atomic mass is 35.5. The van der Waals surface area contributed by atoms with Gasteiger partial charge in [-0.1, -0.05) is 30.3 Å². The minimum absolute atomic E-state index is 0.0128. The van der Waals surface area contributed by atoms with E-state index in [9.17, 15) is 10.1 Å². The van der Waals surface area contributed by atoms with Gasteiger partial charge in [-0.05, 0) is 17.2 Å². The molecule has 1 aromatic rings. The SMILES string of the molecule is O=[N+]([O-])C(Cl)(CO)Cc1ccccc1. The Morgan fingerprint density at radius 3 is 2.43 bits per heavy atom. The van der Waals surface area contributed by atoms with Crippen LogP contribution in [0.1, 0.15) is 5.56 Å². The molecule has 0 spiro atoms. The Bertz CT molecular complexity index is 317. The first kappa shape index (κ1) is 10.9. The summed E-state index contributed by atoms with van der Waals surface area (Å²) in [5.74, 6) is 0. The summed E-state index contributed by atoms with van der Waals surface area (Å²) >= 11 is 5.64. The quantitative estimate of drug-likeness (QED) is 0.358. The second-order valence-corrected chi connectivity index (χ2v) is 3.70. The van der Waals surface area contributed by atoms with Gasteiger partial charge in [0, 0.05) is 4.92 Å². The summed E-state index contributed by atoms with van der Waals surface area (Å²) in [5.41, 5.74) is 0.730. The normalized spacial score (nSPS) is 14.7. The molecule has 1 rings (SSSR count). The van der Waals surface area contributed by atoms with Gasteiger partial charge >= 0.3 is 5.00 Å². The van der Waals surface area contributed by atoms with Gasteiger partial charge in [-0.2, -0.15) is 0 Å². The summed E-state index contributed by atoms with van der Waals surface area (Å²) in [6, 6.07) is 8.81. The molecule has 14 heavy (non-hydrogen) atoms. The van der Waals surface area contributed by atoms with E-state index in [-0.39, 0.29) is 6.42 Å². The van der Waals surface area contributed by atoms with Gasteiger partial charge in [0.1, 0.15) is 6.61 Å². The second kappa shape index (κ2) is 4.39. The molecule has 1 aromatic carbocycles. The van der Waals surface area contributed by atoms with Crippen LogP contribution in [0.25, 0.3) is 0 Å². The van der Waals surface area contributed by atoms with Crippen molar-refractivity contribution in [1.82, 2.24) is 0 Å². The summed E-state index contributed by atoms with van der Waals surface area (Å²) in [6.07, 6.45) is 0.0128. The maximum atomic E-state index is 10.6. The van der Waals surface area contributed by atoms with Crippen LogP contribution in [0, 0.1) is 10.1 Å². The number of hydrogen-bond donors (Lipinski definition) is 1. The zero-order chi connectivity index (χ0) is 10.6. The van der Waals surface area contributed by atoms with Crippen LogP contribution in [-0.2, 0) is 6.42 Å². The molecule has 1 unspecified atom stereocenters.